The smallest absolute Gasteiger partial charge is 0.220 e. The van der Waals surface area contributed by atoms with Crippen LogP contribution in [0.4, 0.5) is 0 Å². The molecule has 5 nitrogen and oxygen atoms in total. The molecule has 1 aliphatic rings. The van der Waals surface area contributed by atoms with Crippen LogP contribution in [-0.4, -0.2) is 20.7 Å². The summed E-state index contributed by atoms with van der Waals surface area (Å²) in [5.41, 5.74) is -0.00550. The molecule has 0 saturated carbocycles. The fraction of sp³-hybridized carbons (Fsp3) is 0.727. The second kappa shape index (κ2) is 3.88. The third-order valence-corrected chi connectivity index (χ3v) is 2.73. The van der Waals surface area contributed by atoms with E-state index in [-0.39, 0.29) is 11.3 Å². The van der Waals surface area contributed by atoms with Gasteiger partial charge in [-0.1, -0.05) is 20.8 Å². The van der Waals surface area contributed by atoms with E-state index in [9.17, 15) is 4.79 Å². The molecule has 0 aliphatic carbocycles. The maximum atomic E-state index is 11.3. The lowest BCUT2D eigenvalue weighted by Gasteiger charge is -2.21. The van der Waals surface area contributed by atoms with Crippen molar-refractivity contribution < 1.29 is 4.79 Å². The number of fused-ring (bicyclic) bond motifs is 1. The summed E-state index contributed by atoms with van der Waals surface area (Å²) in [5.74, 6) is 1.96. The fourth-order valence-corrected chi connectivity index (χ4v) is 1.92. The molecule has 88 valence electrons. The van der Waals surface area contributed by atoms with Crippen molar-refractivity contribution in [3.63, 3.8) is 0 Å². The molecular formula is C11H18N4O. The van der Waals surface area contributed by atoms with Crippen LogP contribution in [0.5, 0.6) is 0 Å². The van der Waals surface area contributed by atoms with Crippen LogP contribution in [0, 0.1) is 0 Å². The molecule has 0 bridgehead atoms. The first-order valence-corrected chi connectivity index (χ1v) is 5.68. The van der Waals surface area contributed by atoms with E-state index in [0.29, 0.717) is 13.0 Å². The Labute approximate surface area is 95.2 Å². The molecule has 0 saturated heterocycles. The monoisotopic (exact) mass is 222 g/mol. The number of hydrogen-bond acceptors (Lipinski definition) is 3. The van der Waals surface area contributed by atoms with Gasteiger partial charge in [0.2, 0.25) is 5.91 Å². The molecule has 16 heavy (non-hydrogen) atoms. The fourth-order valence-electron chi connectivity index (χ4n) is 1.92. The SMILES string of the molecule is CC(C)(C)c1nnc2n1CCCC(=O)NC2. The third-order valence-electron chi connectivity index (χ3n) is 2.73. The predicted octanol–water partition coefficient (Wildman–Crippen LogP) is 0.986. The van der Waals surface area contributed by atoms with Crippen LogP contribution >= 0.6 is 0 Å². The Morgan fingerprint density at radius 3 is 2.75 bits per heavy atom. The van der Waals surface area contributed by atoms with Gasteiger partial charge in [0, 0.05) is 18.4 Å². The molecule has 1 aromatic heterocycles. The van der Waals surface area contributed by atoms with Gasteiger partial charge in [0.25, 0.3) is 0 Å². The number of carbonyl (C=O) groups is 1. The lowest BCUT2D eigenvalue weighted by Crippen LogP contribution is -2.29. The van der Waals surface area contributed by atoms with Gasteiger partial charge in [0.1, 0.15) is 5.82 Å². The highest BCUT2D eigenvalue weighted by Gasteiger charge is 2.24. The molecular weight excluding hydrogens is 204 g/mol. The van der Waals surface area contributed by atoms with Crippen molar-refractivity contribution >= 4 is 5.91 Å². The van der Waals surface area contributed by atoms with Crippen molar-refractivity contribution in [2.45, 2.75) is 52.1 Å². The first-order chi connectivity index (χ1) is 7.48. The summed E-state index contributed by atoms with van der Waals surface area (Å²) < 4.78 is 2.14. The maximum Gasteiger partial charge on any atom is 0.220 e. The normalized spacial score (nSPS) is 17.3. The minimum atomic E-state index is -0.00550. The Balaban J connectivity index is 2.33. The van der Waals surface area contributed by atoms with E-state index in [4.69, 9.17) is 0 Å². The van der Waals surface area contributed by atoms with Crippen molar-refractivity contribution in [3.05, 3.63) is 11.6 Å². The molecule has 2 heterocycles. The van der Waals surface area contributed by atoms with E-state index in [1.807, 2.05) is 0 Å². The van der Waals surface area contributed by atoms with Crippen LogP contribution in [0.15, 0.2) is 0 Å². The summed E-state index contributed by atoms with van der Waals surface area (Å²) in [7, 11) is 0. The number of amides is 1. The number of nitrogens with one attached hydrogen (secondary N) is 1. The molecule has 0 spiro atoms. The van der Waals surface area contributed by atoms with Crippen LogP contribution in [0.25, 0.3) is 0 Å². The van der Waals surface area contributed by atoms with E-state index >= 15 is 0 Å². The number of hydrogen-bond donors (Lipinski definition) is 1. The minimum Gasteiger partial charge on any atom is -0.349 e. The molecule has 0 fully saturated rings. The molecule has 1 amide bonds. The number of aromatic nitrogens is 3. The maximum absolute atomic E-state index is 11.3. The zero-order chi connectivity index (χ0) is 11.8. The number of carbonyl (C=O) groups excluding carboxylic acids is 1. The quantitative estimate of drug-likeness (QED) is 0.712. The minimum absolute atomic E-state index is 0.00550. The Hall–Kier alpha value is -1.39. The van der Waals surface area contributed by atoms with E-state index < -0.39 is 0 Å². The molecule has 0 unspecified atom stereocenters. The lowest BCUT2D eigenvalue weighted by molar-refractivity contribution is -0.121. The van der Waals surface area contributed by atoms with E-state index in [1.54, 1.807) is 0 Å². The van der Waals surface area contributed by atoms with Crippen LogP contribution in [0.3, 0.4) is 0 Å². The lowest BCUT2D eigenvalue weighted by atomic mass is 9.95. The van der Waals surface area contributed by atoms with Crippen molar-refractivity contribution in [3.8, 4) is 0 Å². The largest absolute Gasteiger partial charge is 0.349 e. The Bertz CT molecular complexity index is 403. The van der Waals surface area contributed by atoms with Gasteiger partial charge in [-0.15, -0.1) is 10.2 Å². The van der Waals surface area contributed by atoms with Crippen LogP contribution < -0.4 is 5.32 Å². The highest BCUT2D eigenvalue weighted by molar-refractivity contribution is 5.75. The summed E-state index contributed by atoms with van der Waals surface area (Å²) >= 11 is 0. The standard InChI is InChI=1S/C11H18N4O/c1-11(2,3)10-14-13-8-7-12-9(16)5-4-6-15(8)10/h4-7H2,1-3H3,(H,12,16). The van der Waals surface area contributed by atoms with Gasteiger partial charge in [0.15, 0.2) is 5.82 Å². The van der Waals surface area contributed by atoms with E-state index in [1.165, 1.54) is 0 Å². The second-order valence-electron chi connectivity index (χ2n) is 5.22. The summed E-state index contributed by atoms with van der Waals surface area (Å²) in [6, 6.07) is 0. The van der Waals surface area contributed by atoms with Gasteiger partial charge < -0.3 is 9.88 Å². The van der Waals surface area contributed by atoms with Crippen molar-refractivity contribution in [2.24, 2.45) is 0 Å². The zero-order valence-corrected chi connectivity index (χ0v) is 10.1. The van der Waals surface area contributed by atoms with Crippen LogP contribution in [0.1, 0.15) is 45.3 Å². The van der Waals surface area contributed by atoms with Crippen molar-refractivity contribution in [1.29, 1.82) is 0 Å². The summed E-state index contributed by atoms with van der Waals surface area (Å²) in [6.07, 6.45) is 1.43. The van der Waals surface area contributed by atoms with Gasteiger partial charge in [0.05, 0.1) is 6.54 Å². The summed E-state index contributed by atoms with van der Waals surface area (Å²) in [6.45, 7) is 7.70. The van der Waals surface area contributed by atoms with E-state index in [2.05, 4.69) is 40.9 Å². The second-order valence-corrected chi connectivity index (χ2v) is 5.22. The first kappa shape index (κ1) is 11.1. The average molecular weight is 222 g/mol. The Morgan fingerprint density at radius 2 is 2.06 bits per heavy atom. The van der Waals surface area contributed by atoms with Gasteiger partial charge >= 0.3 is 0 Å². The molecule has 2 rings (SSSR count). The van der Waals surface area contributed by atoms with Gasteiger partial charge in [-0.05, 0) is 6.42 Å². The van der Waals surface area contributed by atoms with Crippen molar-refractivity contribution in [2.75, 3.05) is 0 Å². The molecule has 0 radical (unpaired) electrons. The number of nitrogens with zero attached hydrogens (tertiary/aromatic N) is 3. The van der Waals surface area contributed by atoms with Gasteiger partial charge in [-0.3, -0.25) is 4.79 Å². The Kier molecular flexibility index (Phi) is 2.69. The highest BCUT2D eigenvalue weighted by Crippen LogP contribution is 2.22. The van der Waals surface area contributed by atoms with Crippen LogP contribution in [0.2, 0.25) is 0 Å². The van der Waals surface area contributed by atoms with E-state index in [0.717, 1.165) is 24.6 Å². The highest BCUT2D eigenvalue weighted by atomic mass is 16.1. The molecule has 1 aromatic rings. The average Bonchev–Trinajstić information content (AvgIpc) is 2.54. The van der Waals surface area contributed by atoms with Crippen molar-refractivity contribution in [1.82, 2.24) is 20.1 Å². The predicted molar refractivity (Wildman–Crippen MR) is 59.8 cm³/mol. The van der Waals surface area contributed by atoms with Gasteiger partial charge in [-0.25, -0.2) is 0 Å². The Morgan fingerprint density at radius 1 is 1.31 bits per heavy atom. The van der Waals surface area contributed by atoms with Gasteiger partial charge in [-0.2, -0.15) is 0 Å². The molecule has 1 N–H and O–H groups in total. The third kappa shape index (κ3) is 2.08. The van der Waals surface area contributed by atoms with Crippen LogP contribution in [-0.2, 0) is 23.3 Å². The molecule has 1 aliphatic heterocycles. The summed E-state index contributed by atoms with van der Waals surface area (Å²) in [5, 5.41) is 11.2. The molecule has 5 heteroatoms. The first-order valence-electron chi connectivity index (χ1n) is 5.68. The molecule has 0 aromatic carbocycles. The summed E-state index contributed by atoms with van der Waals surface area (Å²) in [4.78, 5) is 11.3. The zero-order valence-electron chi connectivity index (χ0n) is 10.1. The topological polar surface area (TPSA) is 59.8 Å². The number of rotatable bonds is 0. The molecule has 0 atom stereocenters.